The van der Waals surface area contributed by atoms with Gasteiger partial charge in [0.15, 0.2) is 5.69 Å². The number of nitrogens with one attached hydrogen (secondary N) is 1. The van der Waals surface area contributed by atoms with Crippen LogP contribution in [0.15, 0.2) is 15.5 Å². The maximum absolute atomic E-state index is 11.6. The van der Waals surface area contributed by atoms with Crippen molar-refractivity contribution in [3.05, 3.63) is 22.5 Å². The van der Waals surface area contributed by atoms with Crippen molar-refractivity contribution in [1.82, 2.24) is 4.98 Å². The topological polar surface area (TPSA) is 46.0 Å². The molecule has 0 atom stereocenters. The maximum Gasteiger partial charge on any atom is 0.434 e. The number of aromatic amines is 1. The van der Waals surface area contributed by atoms with E-state index in [0.717, 1.165) is 0 Å². The van der Waals surface area contributed by atoms with Gasteiger partial charge >= 0.3 is 11.9 Å². The van der Waals surface area contributed by atoms with Crippen molar-refractivity contribution in [2.45, 2.75) is 6.18 Å². The molecule has 0 fully saturated rings. The Bertz CT molecular complexity index is 271. The van der Waals surface area contributed by atoms with E-state index in [9.17, 15) is 18.0 Å². The van der Waals surface area contributed by atoms with Gasteiger partial charge in [-0.15, -0.1) is 0 Å². The highest BCUT2D eigenvalue weighted by atomic mass is 19.4. The van der Waals surface area contributed by atoms with E-state index in [0.29, 0.717) is 6.26 Å². The first kappa shape index (κ1) is 6.91. The molecule has 0 bridgehead atoms. The fourth-order valence-corrected chi connectivity index (χ4v) is 0.419. The van der Waals surface area contributed by atoms with Crippen molar-refractivity contribution >= 4 is 0 Å². The van der Waals surface area contributed by atoms with Crippen molar-refractivity contribution in [1.29, 1.82) is 0 Å². The Morgan fingerprint density at radius 1 is 1.50 bits per heavy atom. The third kappa shape index (κ3) is 1.20. The van der Waals surface area contributed by atoms with E-state index in [1.807, 2.05) is 0 Å². The molecule has 1 aromatic rings. The highest BCUT2D eigenvalue weighted by Gasteiger charge is 2.33. The van der Waals surface area contributed by atoms with Gasteiger partial charge in [0.25, 0.3) is 0 Å². The van der Waals surface area contributed by atoms with Crippen LogP contribution in [-0.2, 0) is 6.18 Å². The van der Waals surface area contributed by atoms with E-state index < -0.39 is 17.6 Å². The molecule has 0 radical (unpaired) electrons. The van der Waals surface area contributed by atoms with Gasteiger partial charge in [-0.05, 0) is 0 Å². The summed E-state index contributed by atoms with van der Waals surface area (Å²) in [7, 11) is 0. The largest absolute Gasteiger partial charge is 0.434 e. The Balaban J connectivity index is 3.07. The second-order valence-electron chi connectivity index (χ2n) is 1.56. The molecule has 6 heteroatoms. The van der Waals surface area contributed by atoms with Gasteiger partial charge in [-0.3, -0.25) is 4.98 Å². The maximum atomic E-state index is 11.6. The number of alkyl halides is 3. The number of aromatic nitrogens is 1. The molecule has 0 unspecified atom stereocenters. The summed E-state index contributed by atoms with van der Waals surface area (Å²) in [5.41, 5.74) is -1.17. The first-order chi connectivity index (χ1) is 4.50. The van der Waals surface area contributed by atoms with Gasteiger partial charge < -0.3 is 4.42 Å². The summed E-state index contributed by atoms with van der Waals surface area (Å²) in [5.74, 6) is -1.10. The molecule has 1 aromatic heterocycles. The summed E-state index contributed by atoms with van der Waals surface area (Å²) in [4.78, 5) is 11.5. The number of hydrogen-bond acceptors (Lipinski definition) is 2. The summed E-state index contributed by atoms with van der Waals surface area (Å²) in [6, 6.07) is 0. The zero-order chi connectivity index (χ0) is 7.78. The van der Waals surface area contributed by atoms with E-state index in [1.165, 1.54) is 4.98 Å². The van der Waals surface area contributed by atoms with Crippen LogP contribution in [0, 0.1) is 0 Å². The first-order valence-corrected chi connectivity index (χ1v) is 2.25. The molecule has 1 heterocycles. The summed E-state index contributed by atoms with van der Waals surface area (Å²) >= 11 is 0. The Morgan fingerprint density at radius 3 is 2.30 bits per heavy atom. The summed E-state index contributed by atoms with van der Waals surface area (Å²) in [5, 5.41) is 0. The van der Waals surface area contributed by atoms with Crippen LogP contribution in [-0.4, -0.2) is 4.98 Å². The third-order valence-electron chi connectivity index (χ3n) is 0.826. The van der Waals surface area contributed by atoms with Crippen LogP contribution < -0.4 is 5.76 Å². The average molecular weight is 153 g/mol. The quantitative estimate of drug-likeness (QED) is 0.603. The number of rotatable bonds is 0. The van der Waals surface area contributed by atoms with Crippen LogP contribution in [0.3, 0.4) is 0 Å². The van der Waals surface area contributed by atoms with Crippen LogP contribution >= 0.6 is 0 Å². The lowest BCUT2D eigenvalue weighted by atomic mass is 10.5. The van der Waals surface area contributed by atoms with Crippen molar-refractivity contribution < 1.29 is 17.6 Å². The number of oxazole rings is 1. The van der Waals surface area contributed by atoms with Gasteiger partial charge in [0.05, 0.1) is 0 Å². The summed E-state index contributed by atoms with van der Waals surface area (Å²) in [6.45, 7) is 0. The fraction of sp³-hybridized carbons (Fsp3) is 0.250. The highest BCUT2D eigenvalue weighted by Crippen LogP contribution is 2.26. The van der Waals surface area contributed by atoms with Crippen LogP contribution in [0.5, 0.6) is 0 Å². The molecule has 0 aliphatic rings. The predicted molar refractivity (Wildman–Crippen MR) is 24.3 cm³/mol. The summed E-state index contributed by atoms with van der Waals surface area (Å²) < 4.78 is 38.6. The molecule has 0 saturated heterocycles. The van der Waals surface area contributed by atoms with Gasteiger partial charge in [-0.25, -0.2) is 4.79 Å². The van der Waals surface area contributed by atoms with Crippen LogP contribution in [0.25, 0.3) is 0 Å². The van der Waals surface area contributed by atoms with Gasteiger partial charge in [-0.1, -0.05) is 0 Å². The molecule has 3 nitrogen and oxygen atoms in total. The monoisotopic (exact) mass is 153 g/mol. The molecule has 56 valence electrons. The lowest BCUT2D eigenvalue weighted by molar-refractivity contribution is -0.141. The molecule has 10 heavy (non-hydrogen) atoms. The standard InChI is InChI=1S/C4H2F3NO2/c5-4(6,7)2-1-10-3(9)8-2/h1H,(H,8,9). The van der Waals surface area contributed by atoms with E-state index in [4.69, 9.17) is 0 Å². The van der Waals surface area contributed by atoms with Crippen molar-refractivity contribution in [2.24, 2.45) is 0 Å². The molecular formula is C4H2F3NO2. The van der Waals surface area contributed by atoms with Crippen molar-refractivity contribution in [3.8, 4) is 0 Å². The average Bonchev–Trinajstić information content (AvgIpc) is 2.11. The normalized spacial score (nSPS) is 11.9. The van der Waals surface area contributed by atoms with E-state index >= 15 is 0 Å². The predicted octanol–water partition coefficient (Wildman–Crippen LogP) is 0.987. The number of H-pyrrole nitrogens is 1. The van der Waals surface area contributed by atoms with Gasteiger partial charge in [0.1, 0.15) is 6.26 Å². The minimum absolute atomic E-state index is 0.336. The molecule has 1 rings (SSSR count). The first-order valence-electron chi connectivity index (χ1n) is 2.25. The minimum atomic E-state index is -4.54. The van der Waals surface area contributed by atoms with Crippen LogP contribution in [0.4, 0.5) is 13.2 Å². The SMILES string of the molecule is O=c1[nH]c(C(F)(F)F)co1. The molecule has 0 aliphatic carbocycles. The Labute approximate surface area is 52.5 Å². The van der Waals surface area contributed by atoms with E-state index in [2.05, 4.69) is 4.42 Å². The van der Waals surface area contributed by atoms with Gasteiger partial charge in [-0.2, -0.15) is 13.2 Å². The van der Waals surface area contributed by atoms with Gasteiger partial charge in [0.2, 0.25) is 0 Å². The lowest BCUT2D eigenvalue weighted by Gasteiger charge is -1.98. The molecule has 0 aromatic carbocycles. The lowest BCUT2D eigenvalue weighted by Crippen LogP contribution is -2.08. The van der Waals surface area contributed by atoms with Crippen molar-refractivity contribution in [3.63, 3.8) is 0 Å². The Morgan fingerprint density at radius 2 is 2.10 bits per heavy atom. The zero-order valence-electron chi connectivity index (χ0n) is 4.53. The number of hydrogen-bond donors (Lipinski definition) is 1. The fourth-order valence-electron chi connectivity index (χ4n) is 0.419. The minimum Gasteiger partial charge on any atom is -0.416 e. The smallest absolute Gasteiger partial charge is 0.416 e. The Hall–Kier alpha value is -1.20. The second-order valence-corrected chi connectivity index (χ2v) is 1.56. The Kier molecular flexibility index (Phi) is 1.31. The van der Waals surface area contributed by atoms with Crippen LogP contribution in [0.2, 0.25) is 0 Å². The molecule has 0 aliphatic heterocycles. The summed E-state index contributed by atoms with van der Waals surface area (Å²) in [6.07, 6.45) is -4.20. The second kappa shape index (κ2) is 1.89. The van der Waals surface area contributed by atoms with Gasteiger partial charge in [0, 0.05) is 0 Å². The molecular weight excluding hydrogens is 151 g/mol. The molecule has 1 N–H and O–H groups in total. The van der Waals surface area contributed by atoms with Crippen LogP contribution in [0.1, 0.15) is 5.69 Å². The van der Waals surface area contributed by atoms with E-state index in [1.54, 1.807) is 0 Å². The van der Waals surface area contributed by atoms with E-state index in [-0.39, 0.29) is 0 Å². The molecule has 0 amide bonds. The molecule has 0 spiro atoms. The molecule has 0 saturated carbocycles. The zero-order valence-corrected chi connectivity index (χ0v) is 4.53. The third-order valence-corrected chi connectivity index (χ3v) is 0.826. The van der Waals surface area contributed by atoms with Crippen molar-refractivity contribution in [2.75, 3.05) is 0 Å². The number of halogens is 3. The highest BCUT2D eigenvalue weighted by molar-refractivity contribution is 4.95.